The molecule has 0 radical (unpaired) electrons. The number of hydrogen-bond acceptors (Lipinski definition) is 5. The van der Waals surface area contributed by atoms with E-state index < -0.39 is 5.97 Å². The number of benzene rings is 2. The molecule has 0 saturated carbocycles. The van der Waals surface area contributed by atoms with Crippen LogP contribution in [0.1, 0.15) is 6.92 Å². The summed E-state index contributed by atoms with van der Waals surface area (Å²) in [5.74, 6) is -0.145. The molecule has 2 aromatic carbocycles. The lowest BCUT2D eigenvalue weighted by Gasteiger charge is -2.05. The number of nitrogens with zero attached hydrogens (tertiary/aromatic N) is 1. The van der Waals surface area contributed by atoms with Crippen LogP contribution in [0.5, 0.6) is 0 Å². The van der Waals surface area contributed by atoms with Gasteiger partial charge in [-0.15, -0.1) is 0 Å². The number of carbonyl (C=O) groups is 1. The summed E-state index contributed by atoms with van der Waals surface area (Å²) in [6.07, 6.45) is 0. The summed E-state index contributed by atoms with van der Waals surface area (Å²) in [4.78, 5) is 16.4. The molecule has 0 spiro atoms. The Morgan fingerprint density at radius 3 is 2.82 bits per heavy atom. The van der Waals surface area contributed by atoms with Gasteiger partial charge in [-0.05, 0) is 29.8 Å². The molecule has 0 aliphatic carbocycles. The molecule has 4 nitrogen and oxygen atoms in total. The van der Waals surface area contributed by atoms with Crippen LogP contribution in [0.4, 0.5) is 5.69 Å². The van der Waals surface area contributed by atoms with Gasteiger partial charge in [0.05, 0.1) is 18.0 Å². The SMILES string of the molecule is CCOC(=O)C1=C(O)CSC1=Nc1ccc2ccccc2c1. The van der Waals surface area contributed by atoms with Crippen LogP contribution in [0.3, 0.4) is 0 Å². The Bertz CT molecular complexity index is 795. The van der Waals surface area contributed by atoms with E-state index in [9.17, 15) is 9.90 Å². The third kappa shape index (κ3) is 2.85. The maximum Gasteiger partial charge on any atom is 0.344 e. The van der Waals surface area contributed by atoms with Crippen LogP contribution in [-0.4, -0.2) is 28.5 Å². The standard InChI is InChI=1S/C17H15NO3S/c1-2-21-17(20)15-14(19)10-22-16(15)18-13-8-7-11-5-3-4-6-12(11)9-13/h3-9,19H,2,10H2,1H3. The summed E-state index contributed by atoms with van der Waals surface area (Å²) in [5.41, 5.74) is 0.928. The predicted molar refractivity (Wildman–Crippen MR) is 89.8 cm³/mol. The molecule has 0 fully saturated rings. The number of fused-ring (bicyclic) bond motifs is 1. The summed E-state index contributed by atoms with van der Waals surface area (Å²) >= 11 is 1.34. The Kier molecular flexibility index (Phi) is 4.15. The van der Waals surface area contributed by atoms with Crippen LogP contribution < -0.4 is 0 Å². The molecule has 5 heteroatoms. The van der Waals surface area contributed by atoms with Crippen LogP contribution in [0.2, 0.25) is 0 Å². The molecule has 0 aromatic heterocycles. The van der Waals surface area contributed by atoms with E-state index in [-0.39, 0.29) is 17.9 Å². The highest BCUT2D eigenvalue weighted by molar-refractivity contribution is 8.15. The Morgan fingerprint density at radius 2 is 2.05 bits per heavy atom. The Hall–Kier alpha value is -2.27. The van der Waals surface area contributed by atoms with Gasteiger partial charge in [0.2, 0.25) is 0 Å². The Morgan fingerprint density at radius 1 is 1.27 bits per heavy atom. The maximum absolute atomic E-state index is 11.9. The van der Waals surface area contributed by atoms with E-state index in [0.717, 1.165) is 16.5 Å². The molecule has 1 N–H and O–H groups in total. The Balaban J connectivity index is 1.97. The van der Waals surface area contributed by atoms with Crippen molar-refractivity contribution in [3.8, 4) is 0 Å². The highest BCUT2D eigenvalue weighted by Crippen LogP contribution is 2.31. The van der Waals surface area contributed by atoms with Crippen molar-refractivity contribution in [3.05, 3.63) is 53.8 Å². The summed E-state index contributed by atoms with van der Waals surface area (Å²) in [6.45, 7) is 2.00. The van der Waals surface area contributed by atoms with Gasteiger partial charge in [-0.25, -0.2) is 9.79 Å². The number of aliphatic imine (C=N–C) groups is 1. The van der Waals surface area contributed by atoms with Gasteiger partial charge >= 0.3 is 5.97 Å². The zero-order valence-electron chi connectivity index (χ0n) is 12.1. The minimum atomic E-state index is -0.524. The van der Waals surface area contributed by atoms with Crippen LogP contribution in [0, 0.1) is 0 Å². The molecule has 0 amide bonds. The highest BCUT2D eigenvalue weighted by Gasteiger charge is 2.29. The van der Waals surface area contributed by atoms with Crippen molar-refractivity contribution in [3.63, 3.8) is 0 Å². The van der Waals surface area contributed by atoms with E-state index in [2.05, 4.69) is 4.99 Å². The second-order valence-corrected chi connectivity index (χ2v) is 5.74. The predicted octanol–water partition coefficient (Wildman–Crippen LogP) is 3.99. The molecule has 22 heavy (non-hydrogen) atoms. The Labute approximate surface area is 132 Å². The van der Waals surface area contributed by atoms with Crippen LogP contribution in [0.15, 0.2) is 58.8 Å². The zero-order valence-corrected chi connectivity index (χ0v) is 12.9. The highest BCUT2D eigenvalue weighted by atomic mass is 32.2. The van der Waals surface area contributed by atoms with Crippen molar-refractivity contribution < 1.29 is 14.6 Å². The molecule has 0 saturated heterocycles. The lowest BCUT2D eigenvalue weighted by molar-refractivity contribution is -0.138. The first-order chi connectivity index (χ1) is 10.7. The molecule has 1 heterocycles. The van der Waals surface area contributed by atoms with Crippen molar-refractivity contribution in [2.75, 3.05) is 12.4 Å². The van der Waals surface area contributed by atoms with Crippen molar-refractivity contribution >= 4 is 39.2 Å². The fourth-order valence-electron chi connectivity index (χ4n) is 2.26. The number of aliphatic hydroxyl groups is 1. The van der Waals surface area contributed by atoms with E-state index in [1.165, 1.54) is 11.8 Å². The molecule has 3 rings (SSSR count). The molecule has 0 atom stereocenters. The fourth-order valence-corrected chi connectivity index (χ4v) is 3.20. The van der Waals surface area contributed by atoms with E-state index in [1.54, 1.807) is 6.92 Å². The first-order valence-electron chi connectivity index (χ1n) is 6.99. The smallest absolute Gasteiger partial charge is 0.344 e. The van der Waals surface area contributed by atoms with Gasteiger partial charge in [-0.2, -0.15) is 0 Å². The molecule has 0 unspecified atom stereocenters. The number of aliphatic hydroxyl groups excluding tert-OH is 1. The van der Waals surface area contributed by atoms with Gasteiger partial charge in [0.15, 0.2) is 0 Å². The first kappa shape index (κ1) is 14.7. The molecule has 112 valence electrons. The fraction of sp³-hybridized carbons (Fsp3) is 0.176. The molecular weight excluding hydrogens is 298 g/mol. The van der Waals surface area contributed by atoms with Gasteiger partial charge < -0.3 is 9.84 Å². The van der Waals surface area contributed by atoms with Crippen LogP contribution in [-0.2, 0) is 9.53 Å². The van der Waals surface area contributed by atoms with E-state index >= 15 is 0 Å². The van der Waals surface area contributed by atoms with Crippen molar-refractivity contribution in [2.24, 2.45) is 4.99 Å². The van der Waals surface area contributed by atoms with E-state index in [1.807, 2.05) is 42.5 Å². The average Bonchev–Trinajstić information content (AvgIpc) is 2.88. The summed E-state index contributed by atoms with van der Waals surface area (Å²) in [7, 11) is 0. The number of esters is 1. The van der Waals surface area contributed by atoms with Crippen molar-refractivity contribution in [1.82, 2.24) is 0 Å². The second-order valence-electron chi connectivity index (χ2n) is 4.78. The number of carbonyl (C=O) groups excluding carboxylic acids is 1. The van der Waals surface area contributed by atoms with Gasteiger partial charge in [-0.3, -0.25) is 0 Å². The molecular formula is C17H15NO3S. The largest absolute Gasteiger partial charge is 0.510 e. The van der Waals surface area contributed by atoms with Crippen molar-refractivity contribution in [2.45, 2.75) is 6.92 Å². The second kappa shape index (κ2) is 6.23. The molecule has 2 aromatic rings. The number of hydrogen-bond donors (Lipinski definition) is 1. The van der Waals surface area contributed by atoms with Crippen molar-refractivity contribution in [1.29, 1.82) is 0 Å². The minimum absolute atomic E-state index is 0.0305. The zero-order chi connectivity index (χ0) is 15.5. The lowest BCUT2D eigenvalue weighted by Crippen LogP contribution is -2.12. The van der Waals surface area contributed by atoms with Gasteiger partial charge in [0.25, 0.3) is 0 Å². The quantitative estimate of drug-likeness (QED) is 0.870. The summed E-state index contributed by atoms with van der Waals surface area (Å²) in [6, 6.07) is 13.9. The summed E-state index contributed by atoms with van der Waals surface area (Å²) in [5, 5.41) is 12.6. The van der Waals surface area contributed by atoms with Gasteiger partial charge in [0, 0.05) is 0 Å². The topological polar surface area (TPSA) is 58.9 Å². The lowest BCUT2D eigenvalue weighted by atomic mass is 10.1. The monoisotopic (exact) mass is 313 g/mol. The molecule has 1 aliphatic heterocycles. The number of ether oxygens (including phenoxy) is 1. The third-order valence-electron chi connectivity index (χ3n) is 3.29. The third-order valence-corrected chi connectivity index (χ3v) is 4.28. The molecule has 0 bridgehead atoms. The van der Waals surface area contributed by atoms with Gasteiger partial charge in [-0.1, -0.05) is 42.1 Å². The van der Waals surface area contributed by atoms with Gasteiger partial charge in [0.1, 0.15) is 16.4 Å². The normalized spacial score (nSPS) is 16.5. The van der Waals surface area contributed by atoms with E-state index in [4.69, 9.17) is 4.74 Å². The maximum atomic E-state index is 11.9. The number of thioether (sulfide) groups is 1. The van der Waals surface area contributed by atoms with Crippen LogP contribution in [0.25, 0.3) is 10.8 Å². The van der Waals surface area contributed by atoms with E-state index in [0.29, 0.717) is 10.8 Å². The average molecular weight is 313 g/mol. The first-order valence-corrected chi connectivity index (χ1v) is 7.97. The number of rotatable bonds is 3. The summed E-state index contributed by atoms with van der Waals surface area (Å²) < 4.78 is 4.98. The minimum Gasteiger partial charge on any atom is -0.510 e. The van der Waals surface area contributed by atoms with Crippen LogP contribution >= 0.6 is 11.8 Å². The molecule has 1 aliphatic rings.